The van der Waals surface area contributed by atoms with Gasteiger partial charge in [-0.1, -0.05) is 44.5 Å². The van der Waals surface area contributed by atoms with Crippen LogP contribution in [0, 0.1) is 0 Å². The maximum Gasteiger partial charge on any atom is 0.109 e. The van der Waals surface area contributed by atoms with Gasteiger partial charge in [-0.3, -0.25) is 0 Å². The number of aromatic amines is 1. The van der Waals surface area contributed by atoms with Crippen LogP contribution in [0.15, 0.2) is 30.5 Å². The topological polar surface area (TPSA) is 54.7 Å². The van der Waals surface area contributed by atoms with Crippen LogP contribution in [0.25, 0.3) is 11.3 Å². The van der Waals surface area contributed by atoms with E-state index in [1.54, 1.807) is 0 Å². The van der Waals surface area contributed by atoms with Gasteiger partial charge in [0.1, 0.15) is 5.82 Å². The van der Waals surface area contributed by atoms with Gasteiger partial charge in [-0.25, -0.2) is 4.98 Å². The molecule has 2 unspecified atom stereocenters. The third kappa shape index (κ3) is 3.18. The molecule has 1 fully saturated rings. The third-order valence-electron chi connectivity index (χ3n) is 4.59. The normalized spacial score (nSPS) is 22.7. The van der Waals surface area contributed by atoms with Gasteiger partial charge in [-0.15, -0.1) is 0 Å². The molecular formula is C18H25N3. The number of aromatic nitrogens is 2. The molecule has 1 aromatic heterocycles. The van der Waals surface area contributed by atoms with E-state index in [1.807, 2.05) is 6.20 Å². The van der Waals surface area contributed by atoms with E-state index in [2.05, 4.69) is 48.1 Å². The Hall–Kier alpha value is -1.61. The van der Waals surface area contributed by atoms with Crippen LogP contribution in [-0.4, -0.2) is 16.0 Å². The molecule has 0 amide bonds. The summed E-state index contributed by atoms with van der Waals surface area (Å²) in [6, 6.07) is 9.11. The molecule has 3 heteroatoms. The molecule has 1 aromatic carbocycles. The van der Waals surface area contributed by atoms with E-state index in [-0.39, 0.29) is 0 Å². The molecule has 0 spiro atoms. The molecular weight excluding hydrogens is 258 g/mol. The summed E-state index contributed by atoms with van der Waals surface area (Å²) in [5.74, 6) is 2.17. The van der Waals surface area contributed by atoms with Gasteiger partial charge >= 0.3 is 0 Å². The summed E-state index contributed by atoms with van der Waals surface area (Å²) < 4.78 is 0. The molecule has 21 heavy (non-hydrogen) atoms. The lowest BCUT2D eigenvalue weighted by molar-refractivity contribution is 0.383. The van der Waals surface area contributed by atoms with Crippen molar-refractivity contribution in [3.63, 3.8) is 0 Å². The number of hydrogen-bond donors (Lipinski definition) is 2. The Balaban J connectivity index is 1.78. The van der Waals surface area contributed by atoms with Crippen LogP contribution in [0.4, 0.5) is 0 Å². The zero-order valence-corrected chi connectivity index (χ0v) is 13.0. The molecule has 0 aliphatic heterocycles. The predicted octanol–water partition coefficient (Wildman–Crippen LogP) is 4.19. The van der Waals surface area contributed by atoms with Crippen LogP contribution in [0.2, 0.25) is 0 Å². The Kier molecular flexibility index (Phi) is 4.11. The minimum absolute atomic E-state index is 0.336. The van der Waals surface area contributed by atoms with Crippen molar-refractivity contribution in [1.82, 2.24) is 9.97 Å². The van der Waals surface area contributed by atoms with Crippen LogP contribution in [0.3, 0.4) is 0 Å². The van der Waals surface area contributed by atoms with Gasteiger partial charge in [-0.2, -0.15) is 0 Å². The highest BCUT2D eigenvalue weighted by molar-refractivity contribution is 5.59. The van der Waals surface area contributed by atoms with Gasteiger partial charge in [0.05, 0.1) is 11.9 Å². The first kappa shape index (κ1) is 14.3. The summed E-state index contributed by atoms with van der Waals surface area (Å²) in [4.78, 5) is 8.10. The lowest BCUT2D eigenvalue weighted by Crippen LogP contribution is -2.27. The maximum atomic E-state index is 6.08. The fourth-order valence-corrected chi connectivity index (χ4v) is 3.21. The number of hydrogen-bond acceptors (Lipinski definition) is 2. The van der Waals surface area contributed by atoms with Crippen molar-refractivity contribution in [2.45, 2.75) is 57.4 Å². The Bertz CT molecular complexity index is 583. The Morgan fingerprint density at radius 2 is 1.95 bits per heavy atom. The Morgan fingerprint density at radius 1 is 1.19 bits per heavy atom. The molecule has 1 heterocycles. The summed E-state index contributed by atoms with van der Waals surface area (Å²) in [5.41, 5.74) is 9.77. The largest absolute Gasteiger partial charge is 0.342 e. The van der Waals surface area contributed by atoms with Crippen molar-refractivity contribution < 1.29 is 0 Å². The van der Waals surface area contributed by atoms with E-state index < -0.39 is 0 Å². The highest BCUT2D eigenvalue weighted by Crippen LogP contribution is 2.31. The monoisotopic (exact) mass is 283 g/mol. The van der Waals surface area contributed by atoms with Crippen LogP contribution >= 0.6 is 0 Å². The molecule has 0 radical (unpaired) electrons. The van der Waals surface area contributed by atoms with Gasteiger partial charge < -0.3 is 10.7 Å². The summed E-state index contributed by atoms with van der Waals surface area (Å²) in [7, 11) is 0. The van der Waals surface area contributed by atoms with Gasteiger partial charge in [0.2, 0.25) is 0 Å². The number of H-pyrrole nitrogens is 1. The van der Waals surface area contributed by atoms with Crippen LogP contribution in [0.1, 0.15) is 62.8 Å². The molecule has 0 saturated heterocycles. The fraction of sp³-hybridized carbons (Fsp3) is 0.500. The van der Waals surface area contributed by atoms with Crippen molar-refractivity contribution in [3.8, 4) is 11.3 Å². The molecule has 0 bridgehead atoms. The number of nitrogens with two attached hydrogens (primary N) is 1. The number of nitrogens with zero attached hydrogens (tertiary/aromatic N) is 1. The third-order valence-corrected chi connectivity index (χ3v) is 4.59. The van der Waals surface area contributed by atoms with Gasteiger partial charge in [0, 0.05) is 12.0 Å². The smallest absolute Gasteiger partial charge is 0.109 e. The van der Waals surface area contributed by atoms with Crippen molar-refractivity contribution in [2.24, 2.45) is 5.73 Å². The van der Waals surface area contributed by atoms with E-state index >= 15 is 0 Å². The lowest BCUT2D eigenvalue weighted by Gasteiger charge is -2.24. The van der Waals surface area contributed by atoms with E-state index in [0.717, 1.165) is 24.4 Å². The second kappa shape index (κ2) is 6.02. The minimum atomic E-state index is 0.336. The quantitative estimate of drug-likeness (QED) is 0.887. The predicted molar refractivity (Wildman–Crippen MR) is 87.3 cm³/mol. The van der Waals surface area contributed by atoms with Crippen molar-refractivity contribution >= 4 is 0 Å². The fourth-order valence-electron chi connectivity index (χ4n) is 3.21. The zero-order chi connectivity index (χ0) is 14.8. The van der Waals surface area contributed by atoms with Crippen molar-refractivity contribution in [2.75, 3.05) is 0 Å². The molecule has 1 aliphatic carbocycles. The molecule has 1 saturated carbocycles. The SMILES string of the molecule is CC(C)c1ccc(-c2cnc(C3CCCC(N)C3)[nH]2)cc1. The lowest BCUT2D eigenvalue weighted by atomic mass is 9.86. The second-order valence-corrected chi connectivity index (χ2v) is 6.58. The van der Waals surface area contributed by atoms with Crippen LogP contribution < -0.4 is 5.73 Å². The molecule has 3 nitrogen and oxygen atoms in total. The van der Waals surface area contributed by atoms with E-state index in [0.29, 0.717) is 17.9 Å². The number of benzene rings is 1. The maximum absolute atomic E-state index is 6.08. The van der Waals surface area contributed by atoms with E-state index in [9.17, 15) is 0 Å². The van der Waals surface area contributed by atoms with Gasteiger partial charge in [0.15, 0.2) is 0 Å². The zero-order valence-electron chi connectivity index (χ0n) is 13.0. The molecule has 112 valence electrons. The first-order valence-corrected chi connectivity index (χ1v) is 8.04. The summed E-state index contributed by atoms with van der Waals surface area (Å²) in [5, 5.41) is 0. The molecule has 2 atom stereocenters. The van der Waals surface area contributed by atoms with Gasteiger partial charge in [-0.05, 0) is 36.3 Å². The van der Waals surface area contributed by atoms with Crippen LogP contribution in [-0.2, 0) is 0 Å². The summed E-state index contributed by atoms with van der Waals surface area (Å²) >= 11 is 0. The number of imidazole rings is 1. The summed E-state index contributed by atoms with van der Waals surface area (Å²) in [6.45, 7) is 4.44. The van der Waals surface area contributed by atoms with Gasteiger partial charge in [0.25, 0.3) is 0 Å². The van der Waals surface area contributed by atoms with E-state index in [1.165, 1.54) is 24.0 Å². The minimum Gasteiger partial charge on any atom is -0.342 e. The first-order chi connectivity index (χ1) is 10.1. The Labute approximate surface area is 127 Å². The number of nitrogens with one attached hydrogen (secondary N) is 1. The highest BCUT2D eigenvalue weighted by atomic mass is 14.9. The standard InChI is InChI=1S/C18H25N3/c1-12(2)13-6-8-14(9-7-13)17-11-20-18(21-17)15-4-3-5-16(19)10-15/h6-9,11-12,15-16H,3-5,10,19H2,1-2H3,(H,20,21). The van der Waals surface area contributed by atoms with Crippen molar-refractivity contribution in [3.05, 3.63) is 41.9 Å². The summed E-state index contributed by atoms with van der Waals surface area (Å²) in [6.07, 6.45) is 6.58. The molecule has 1 aliphatic rings. The molecule has 3 N–H and O–H groups in total. The molecule has 2 aromatic rings. The average molecular weight is 283 g/mol. The van der Waals surface area contributed by atoms with Crippen LogP contribution in [0.5, 0.6) is 0 Å². The van der Waals surface area contributed by atoms with E-state index in [4.69, 9.17) is 5.73 Å². The average Bonchev–Trinajstić information content (AvgIpc) is 2.97. The van der Waals surface area contributed by atoms with Crippen molar-refractivity contribution in [1.29, 1.82) is 0 Å². The second-order valence-electron chi connectivity index (χ2n) is 6.58. The molecule has 3 rings (SSSR count). The number of rotatable bonds is 3. The Morgan fingerprint density at radius 3 is 2.62 bits per heavy atom. The first-order valence-electron chi connectivity index (χ1n) is 8.04. The highest BCUT2D eigenvalue weighted by Gasteiger charge is 2.23.